The normalized spacial score (nSPS) is 10.7. The number of aliphatic carboxylic acids is 1. The van der Waals surface area contributed by atoms with Crippen LogP contribution in [-0.4, -0.2) is 16.1 Å². The lowest BCUT2D eigenvalue weighted by Crippen LogP contribution is -2.10. The summed E-state index contributed by atoms with van der Waals surface area (Å²) in [7, 11) is 0. The average molecular weight is 239 g/mol. The summed E-state index contributed by atoms with van der Waals surface area (Å²) in [6.07, 6.45) is -0.429. The molecule has 0 aliphatic rings. The monoisotopic (exact) mass is 239 g/mol. The fourth-order valence-electron chi connectivity index (χ4n) is 1.59. The molecule has 1 heterocycles. The maximum absolute atomic E-state index is 13.4. The summed E-state index contributed by atoms with van der Waals surface area (Å²) in [5, 5.41) is 8.43. The molecule has 0 aliphatic carbocycles. The fourth-order valence-corrected chi connectivity index (χ4v) is 1.59. The van der Waals surface area contributed by atoms with Gasteiger partial charge in [0.15, 0.2) is 5.43 Å². The molecule has 17 heavy (non-hydrogen) atoms. The third-order valence-electron chi connectivity index (χ3n) is 2.25. The molecule has 2 N–H and O–H groups in total. The highest BCUT2D eigenvalue weighted by molar-refractivity contribution is 5.80. The Kier molecular flexibility index (Phi) is 2.63. The number of hydrogen-bond acceptors (Lipinski definition) is 2. The van der Waals surface area contributed by atoms with Gasteiger partial charge in [-0.25, -0.2) is 8.78 Å². The minimum Gasteiger partial charge on any atom is -0.481 e. The van der Waals surface area contributed by atoms with E-state index >= 15 is 0 Å². The molecular formula is C11H7F2NO3. The number of carboxylic acids is 1. The van der Waals surface area contributed by atoms with Gasteiger partial charge in [-0.1, -0.05) is 0 Å². The van der Waals surface area contributed by atoms with E-state index in [1.54, 1.807) is 0 Å². The molecule has 0 spiro atoms. The number of nitrogens with one attached hydrogen (secondary N) is 1. The molecule has 2 aromatic rings. The van der Waals surface area contributed by atoms with Crippen molar-refractivity contribution in [1.29, 1.82) is 0 Å². The predicted octanol–water partition coefficient (Wildman–Crippen LogP) is 1.43. The van der Waals surface area contributed by atoms with Crippen LogP contribution in [0, 0.1) is 11.6 Å². The van der Waals surface area contributed by atoms with Gasteiger partial charge in [0.1, 0.15) is 11.6 Å². The lowest BCUT2D eigenvalue weighted by Gasteiger charge is -2.03. The van der Waals surface area contributed by atoms with Crippen LogP contribution in [0.15, 0.2) is 23.0 Å². The molecule has 0 aliphatic heterocycles. The Morgan fingerprint density at radius 3 is 2.65 bits per heavy atom. The second kappa shape index (κ2) is 3.97. The molecule has 4 nitrogen and oxygen atoms in total. The van der Waals surface area contributed by atoms with Crippen LogP contribution in [0.5, 0.6) is 0 Å². The minimum atomic E-state index is -1.15. The summed E-state index contributed by atoms with van der Waals surface area (Å²) >= 11 is 0. The highest BCUT2D eigenvalue weighted by Gasteiger charge is 2.10. The molecule has 0 unspecified atom stereocenters. The smallest absolute Gasteiger partial charge is 0.309 e. The molecule has 1 aromatic carbocycles. The Morgan fingerprint density at radius 1 is 1.29 bits per heavy atom. The van der Waals surface area contributed by atoms with Crippen molar-refractivity contribution in [3.05, 3.63) is 45.8 Å². The van der Waals surface area contributed by atoms with Crippen LogP contribution in [0.1, 0.15) is 5.69 Å². The van der Waals surface area contributed by atoms with Crippen molar-refractivity contribution in [2.24, 2.45) is 0 Å². The van der Waals surface area contributed by atoms with Crippen LogP contribution in [0.3, 0.4) is 0 Å². The van der Waals surface area contributed by atoms with Gasteiger partial charge in [-0.15, -0.1) is 0 Å². The Labute approximate surface area is 93.5 Å². The number of aromatic amines is 1. The molecule has 0 fully saturated rings. The second-order valence-corrected chi connectivity index (χ2v) is 3.54. The largest absolute Gasteiger partial charge is 0.481 e. The van der Waals surface area contributed by atoms with Gasteiger partial charge in [-0.3, -0.25) is 9.59 Å². The van der Waals surface area contributed by atoms with E-state index in [9.17, 15) is 18.4 Å². The van der Waals surface area contributed by atoms with Crippen LogP contribution in [0.4, 0.5) is 8.78 Å². The zero-order valence-corrected chi connectivity index (χ0v) is 8.46. The molecule has 6 heteroatoms. The van der Waals surface area contributed by atoms with Crippen LogP contribution in [0.25, 0.3) is 10.9 Å². The van der Waals surface area contributed by atoms with Gasteiger partial charge < -0.3 is 10.1 Å². The summed E-state index contributed by atoms with van der Waals surface area (Å²) in [4.78, 5) is 24.5. The first-order chi connectivity index (χ1) is 7.97. The summed E-state index contributed by atoms with van der Waals surface area (Å²) in [5.41, 5.74) is -0.732. The van der Waals surface area contributed by atoms with E-state index in [1.165, 1.54) is 0 Å². The van der Waals surface area contributed by atoms with Crippen molar-refractivity contribution >= 4 is 16.9 Å². The van der Waals surface area contributed by atoms with Crippen LogP contribution >= 0.6 is 0 Å². The van der Waals surface area contributed by atoms with Crippen molar-refractivity contribution in [2.45, 2.75) is 6.42 Å². The molecule has 0 saturated heterocycles. The van der Waals surface area contributed by atoms with E-state index in [1.807, 2.05) is 0 Å². The summed E-state index contributed by atoms with van der Waals surface area (Å²) in [5.74, 6) is -2.93. The highest BCUT2D eigenvalue weighted by Crippen LogP contribution is 2.15. The molecule has 88 valence electrons. The number of carbonyl (C=O) groups is 1. The average Bonchev–Trinajstić information content (AvgIpc) is 2.19. The Morgan fingerprint density at radius 2 is 2.00 bits per heavy atom. The molecule has 2 rings (SSSR count). The molecule has 1 aromatic heterocycles. The number of hydrogen-bond donors (Lipinski definition) is 2. The molecule has 0 bridgehead atoms. The van der Waals surface area contributed by atoms with E-state index in [-0.39, 0.29) is 16.6 Å². The van der Waals surface area contributed by atoms with E-state index in [0.29, 0.717) is 6.07 Å². The van der Waals surface area contributed by atoms with Gasteiger partial charge in [0.2, 0.25) is 0 Å². The fraction of sp³-hybridized carbons (Fsp3) is 0.0909. The number of carboxylic acid groups (broad SMARTS) is 1. The van der Waals surface area contributed by atoms with E-state index in [2.05, 4.69) is 4.98 Å². The second-order valence-electron chi connectivity index (χ2n) is 3.54. The Bertz CT molecular complexity index is 664. The van der Waals surface area contributed by atoms with Gasteiger partial charge in [-0.05, 0) is 6.07 Å². The number of benzene rings is 1. The van der Waals surface area contributed by atoms with Crippen molar-refractivity contribution < 1.29 is 18.7 Å². The number of halogens is 2. The predicted molar refractivity (Wildman–Crippen MR) is 55.8 cm³/mol. The first-order valence-electron chi connectivity index (χ1n) is 4.70. The molecule has 0 saturated carbocycles. The third-order valence-corrected chi connectivity index (χ3v) is 2.25. The third kappa shape index (κ3) is 2.15. The van der Waals surface area contributed by atoms with E-state index in [4.69, 9.17) is 5.11 Å². The zero-order chi connectivity index (χ0) is 12.6. The zero-order valence-electron chi connectivity index (χ0n) is 8.46. The molecule has 0 atom stereocenters. The lowest BCUT2D eigenvalue weighted by atomic mass is 10.1. The molecule has 0 amide bonds. The molecular weight excluding hydrogens is 232 g/mol. The number of H-pyrrole nitrogens is 1. The highest BCUT2D eigenvalue weighted by atomic mass is 19.1. The summed E-state index contributed by atoms with van der Waals surface area (Å²) in [6.45, 7) is 0. The van der Waals surface area contributed by atoms with Crippen molar-refractivity contribution in [3.63, 3.8) is 0 Å². The van der Waals surface area contributed by atoms with Gasteiger partial charge >= 0.3 is 5.97 Å². The van der Waals surface area contributed by atoms with Crippen molar-refractivity contribution in [3.8, 4) is 0 Å². The molecule has 0 radical (unpaired) electrons. The van der Waals surface area contributed by atoms with Gasteiger partial charge in [0.05, 0.1) is 17.3 Å². The van der Waals surface area contributed by atoms with Crippen molar-refractivity contribution in [2.75, 3.05) is 0 Å². The maximum atomic E-state index is 13.4. The van der Waals surface area contributed by atoms with E-state index < -0.39 is 29.5 Å². The quantitative estimate of drug-likeness (QED) is 0.832. The first kappa shape index (κ1) is 11.3. The van der Waals surface area contributed by atoms with Crippen LogP contribution in [-0.2, 0) is 11.2 Å². The first-order valence-corrected chi connectivity index (χ1v) is 4.70. The topological polar surface area (TPSA) is 70.2 Å². The Balaban J connectivity index is 2.73. The standard InChI is InChI=1S/C11H7F2NO3/c12-5-1-7-9(15)3-6(4-10(16)17)14-11(7)8(13)2-5/h1-3H,4H2,(H,14,15)(H,16,17). The van der Waals surface area contributed by atoms with Crippen LogP contribution < -0.4 is 5.43 Å². The minimum absolute atomic E-state index is 0.0699. The SMILES string of the molecule is O=C(O)Cc1cc(=O)c2cc(F)cc(F)c2[nH]1. The number of fused-ring (bicyclic) bond motifs is 1. The van der Waals surface area contributed by atoms with E-state index in [0.717, 1.165) is 12.1 Å². The number of rotatable bonds is 2. The summed E-state index contributed by atoms with van der Waals surface area (Å²) in [6, 6.07) is 2.56. The summed E-state index contributed by atoms with van der Waals surface area (Å²) < 4.78 is 26.3. The number of aromatic nitrogens is 1. The van der Waals surface area contributed by atoms with Gasteiger partial charge in [-0.2, -0.15) is 0 Å². The van der Waals surface area contributed by atoms with Gasteiger partial charge in [0, 0.05) is 17.8 Å². The Hall–Kier alpha value is -2.24. The number of pyridine rings is 1. The van der Waals surface area contributed by atoms with Crippen molar-refractivity contribution in [1.82, 2.24) is 4.98 Å². The maximum Gasteiger partial charge on any atom is 0.309 e. The lowest BCUT2D eigenvalue weighted by molar-refractivity contribution is -0.136. The van der Waals surface area contributed by atoms with Gasteiger partial charge in [0.25, 0.3) is 0 Å². The van der Waals surface area contributed by atoms with Crippen LogP contribution in [0.2, 0.25) is 0 Å².